The van der Waals surface area contributed by atoms with Crippen LogP contribution in [0.2, 0.25) is 5.02 Å². The first-order valence-corrected chi connectivity index (χ1v) is 5.27. The summed E-state index contributed by atoms with van der Waals surface area (Å²) in [6.07, 6.45) is 0. The van der Waals surface area contributed by atoms with Gasteiger partial charge in [0.25, 0.3) is 0 Å². The van der Waals surface area contributed by atoms with Gasteiger partial charge in [0.15, 0.2) is 5.78 Å². The van der Waals surface area contributed by atoms with Gasteiger partial charge in [0.05, 0.1) is 9.85 Å². The van der Waals surface area contributed by atoms with Crippen molar-refractivity contribution >= 4 is 33.3 Å². The standard InChI is InChI=1S/C10H10BrClO/c1-6-4-3-5-8(9(6)12)10(13)7(2)11/h3-5,7H,1-2H3. The van der Waals surface area contributed by atoms with E-state index in [9.17, 15) is 4.79 Å². The van der Waals surface area contributed by atoms with Gasteiger partial charge in [-0.05, 0) is 25.5 Å². The first-order chi connectivity index (χ1) is 6.04. The monoisotopic (exact) mass is 260 g/mol. The second-order valence-electron chi connectivity index (χ2n) is 2.92. The molecule has 0 saturated carbocycles. The molecule has 1 unspecified atom stereocenters. The average molecular weight is 262 g/mol. The summed E-state index contributed by atoms with van der Waals surface area (Å²) in [6.45, 7) is 3.68. The van der Waals surface area contributed by atoms with Crippen LogP contribution in [-0.4, -0.2) is 10.6 Å². The summed E-state index contributed by atoms with van der Waals surface area (Å²) in [6, 6.07) is 5.47. The molecule has 0 aliphatic rings. The smallest absolute Gasteiger partial charge is 0.177 e. The van der Waals surface area contributed by atoms with Crippen LogP contribution in [0.15, 0.2) is 18.2 Å². The van der Waals surface area contributed by atoms with Crippen LogP contribution in [0.3, 0.4) is 0 Å². The highest BCUT2D eigenvalue weighted by Crippen LogP contribution is 2.22. The zero-order valence-corrected chi connectivity index (χ0v) is 9.82. The summed E-state index contributed by atoms with van der Waals surface area (Å²) in [5.41, 5.74) is 1.52. The second kappa shape index (κ2) is 4.25. The fraction of sp³-hybridized carbons (Fsp3) is 0.300. The van der Waals surface area contributed by atoms with Gasteiger partial charge < -0.3 is 0 Å². The molecule has 0 fully saturated rings. The number of rotatable bonds is 2. The molecule has 13 heavy (non-hydrogen) atoms. The Morgan fingerprint density at radius 1 is 1.54 bits per heavy atom. The van der Waals surface area contributed by atoms with Gasteiger partial charge in [-0.3, -0.25) is 4.79 Å². The molecule has 0 aliphatic heterocycles. The quantitative estimate of drug-likeness (QED) is 0.587. The summed E-state index contributed by atoms with van der Waals surface area (Å²) in [7, 11) is 0. The van der Waals surface area contributed by atoms with E-state index in [1.165, 1.54) is 0 Å². The Morgan fingerprint density at radius 2 is 2.15 bits per heavy atom. The highest BCUT2D eigenvalue weighted by atomic mass is 79.9. The molecule has 70 valence electrons. The van der Waals surface area contributed by atoms with Gasteiger partial charge in [0.1, 0.15) is 0 Å². The summed E-state index contributed by atoms with van der Waals surface area (Å²) in [5.74, 6) is 0.0219. The Bertz CT molecular complexity index is 334. The number of alkyl halides is 1. The first kappa shape index (κ1) is 10.7. The van der Waals surface area contributed by atoms with Gasteiger partial charge in [-0.25, -0.2) is 0 Å². The Morgan fingerprint density at radius 3 is 2.69 bits per heavy atom. The molecule has 1 atom stereocenters. The van der Waals surface area contributed by atoms with Crippen LogP contribution >= 0.6 is 27.5 Å². The lowest BCUT2D eigenvalue weighted by Gasteiger charge is -2.06. The third-order valence-corrected chi connectivity index (χ3v) is 2.74. The van der Waals surface area contributed by atoms with Crippen LogP contribution in [0, 0.1) is 6.92 Å². The number of hydrogen-bond donors (Lipinski definition) is 0. The average Bonchev–Trinajstić information content (AvgIpc) is 2.08. The van der Waals surface area contributed by atoms with Crippen LogP contribution in [0.1, 0.15) is 22.8 Å². The molecule has 0 aliphatic carbocycles. The predicted molar refractivity (Wildman–Crippen MR) is 58.9 cm³/mol. The number of Topliss-reactive ketones (excluding diaryl/α,β-unsaturated/α-hetero) is 1. The number of hydrogen-bond acceptors (Lipinski definition) is 1. The first-order valence-electron chi connectivity index (χ1n) is 3.97. The summed E-state index contributed by atoms with van der Waals surface area (Å²) >= 11 is 9.22. The van der Waals surface area contributed by atoms with Gasteiger partial charge >= 0.3 is 0 Å². The van der Waals surface area contributed by atoms with E-state index in [1.54, 1.807) is 13.0 Å². The van der Waals surface area contributed by atoms with Crippen molar-refractivity contribution in [2.45, 2.75) is 18.7 Å². The molecular weight excluding hydrogens is 251 g/mol. The number of aryl methyl sites for hydroxylation is 1. The van der Waals surface area contributed by atoms with Gasteiger partial charge in [-0.1, -0.05) is 39.7 Å². The van der Waals surface area contributed by atoms with Crippen molar-refractivity contribution in [3.05, 3.63) is 34.3 Å². The SMILES string of the molecule is Cc1cccc(C(=O)C(C)Br)c1Cl. The molecule has 0 saturated heterocycles. The molecule has 0 radical (unpaired) electrons. The van der Waals surface area contributed by atoms with Crippen LogP contribution in [-0.2, 0) is 0 Å². The van der Waals surface area contributed by atoms with Crippen molar-refractivity contribution in [2.24, 2.45) is 0 Å². The van der Waals surface area contributed by atoms with Gasteiger partial charge in [-0.2, -0.15) is 0 Å². The third kappa shape index (κ3) is 2.32. The summed E-state index contributed by atoms with van der Waals surface area (Å²) in [5, 5.41) is 0.554. The fourth-order valence-corrected chi connectivity index (χ4v) is 1.52. The normalized spacial score (nSPS) is 12.6. The Kier molecular flexibility index (Phi) is 3.51. The van der Waals surface area contributed by atoms with E-state index in [-0.39, 0.29) is 10.6 Å². The van der Waals surface area contributed by atoms with Crippen LogP contribution in [0.4, 0.5) is 0 Å². The maximum absolute atomic E-state index is 11.6. The van der Waals surface area contributed by atoms with Gasteiger partial charge in [0.2, 0.25) is 0 Å². The summed E-state index contributed by atoms with van der Waals surface area (Å²) < 4.78 is 0. The number of ketones is 1. The van der Waals surface area contributed by atoms with Crippen LogP contribution in [0.25, 0.3) is 0 Å². The van der Waals surface area contributed by atoms with E-state index >= 15 is 0 Å². The lowest BCUT2D eigenvalue weighted by atomic mass is 10.1. The largest absolute Gasteiger partial charge is 0.293 e. The molecule has 1 aromatic carbocycles. The number of carbonyl (C=O) groups is 1. The lowest BCUT2D eigenvalue weighted by molar-refractivity contribution is 0.0996. The molecule has 0 bridgehead atoms. The molecule has 1 aromatic rings. The molecule has 0 spiro atoms. The maximum Gasteiger partial charge on any atom is 0.177 e. The van der Waals surface area contributed by atoms with Crippen molar-refractivity contribution in [1.29, 1.82) is 0 Å². The second-order valence-corrected chi connectivity index (χ2v) is 4.67. The summed E-state index contributed by atoms with van der Waals surface area (Å²) in [4.78, 5) is 11.4. The molecule has 0 heterocycles. The number of halogens is 2. The number of benzene rings is 1. The van der Waals surface area contributed by atoms with Crippen molar-refractivity contribution < 1.29 is 4.79 Å². The highest BCUT2D eigenvalue weighted by molar-refractivity contribution is 9.10. The highest BCUT2D eigenvalue weighted by Gasteiger charge is 2.15. The number of carbonyl (C=O) groups excluding carboxylic acids is 1. The predicted octanol–water partition coefficient (Wildman–Crippen LogP) is 3.61. The minimum Gasteiger partial charge on any atom is -0.293 e. The minimum absolute atomic E-state index is 0.0219. The Balaban J connectivity index is 3.15. The van der Waals surface area contributed by atoms with Crippen LogP contribution < -0.4 is 0 Å². The molecule has 0 amide bonds. The van der Waals surface area contributed by atoms with E-state index in [4.69, 9.17) is 11.6 Å². The van der Waals surface area contributed by atoms with E-state index in [2.05, 4.69) is 15.9 Å². The van der Waals surface area contributed by atoms with Gasteiger partial charge in [0, 0.05) is 5.56 Å². The zero-order chi connectivity index (χ0) is 10.0. The van der Waals surface area contributed by atoms with E-state index in [1.807, 2.05) is 19.1 Å². The fourth-order valence-electron chi connectivity index (χ4n) is 1.05. The van der Waals surface area contributed by atoms with Crippen molar-refractivity contribution in [1.82, 2.24) is 0 Å². The van der Waals surface area contributed by atoms with Crippen molar-refractivity contribution in [2.75, 3.05) is 0 Å². The van der Waals surface area contributed by atoms with E-state index in [0.29, 0.717) is 10.6 Å². The topological polar surface area (TPSA) is 17.1 Å². The van der Waals surface area contributed by atoms with Crippen molar-refractivity contribution in [3.63, 3.8) is 0 Å². The minimum atomic E-state index is -0.188. The van der Waals surface area contributed by atoms with E-state index < -0.39 is 0 Å². The third-order valence-electron chi connectivity index (χ3n) is 1.82. The maximum atomic E-state index is 11.6. The Hall–Kier alpha value is -0.340. The molecule has 1 nitrogen and oxygen atoms in total. The molecule has 0 N–H and O–H groups in total. The lowest BCUT2D eigenvalue weighted by Crippen LogP contribution is -2.10. The molecular formula is C10H10BrClO. The zero-order valence-electron chi connectivity index (χ0n) is 7.47. The van der Waals surface area contributed by atoms with E-state index in [0.717, 1.165) is 5.56 Å². The van der Waals surface area contributed by atoms with Crippen LogP contribution in [0.5, 0.6) is 0 Å². The molecule has 1 rings (SSSR count). The van der Waals surface area contributed by atoms with Gasteiger partial charge in [-0.15, -0.1) is 0 Å². The molecule has 0 aromatic heterocycles. The van der Waals surface area contributed by atoms with Crippen molar-refractivity contribution in [3.8, 4) is 0 Å². The Labute approximate surface area is 91.2 Å². The molecule has 3 heteroatoms.